The molecule has 2 heterocycles. The van der Waals surface area contributed by atoms with Crippen molar-refractivity contribution in [1.82, 2.24) is 10.3 Å². The van der Waals surface area contributed by atoms with Crippen LogP contribution in [0.1, 0.15) is 71.9 Å². The number of piperazine rings is 1. The van der Waals surface area contributed by atoms with Gasteiger partial charge in [0.25, 0.3) is 5.91 Å². The predicted octanol–water partition coefficient (Wildman–Crippen LogP) is 4.83. The highest BCUT2D eigenvalue weighted by Gasteiger charge is 2.30. The molecule has 1 amide bonds. The van der Waals surface area contributed by atoms with E-state index in [-0.39, 0.29) is 12.0 Å². The summed E-state index contributed by atoms with van der Waals surface area (Å²) in [5, 5.41) is 16.8. The molecule has 39 heavy (non-hydrogen) atoms. The molecule has 1 saturated heterocycles. The maximum atomic E-state index is 13.2. The number of anilines is 3. The zero-order valence-corrected chi connectivity index (χ0v) is 22.7. The highest BCUT2D eigenvalue weighted by atomic mass is 16.3. The van der Waals surface area contributed by atoms with Crippen molar-refractivity contribution < 1.29 is 14.3 Å². The molecule has 3 aromatic rings. The number of carbonyl (C=O) groups is 1. The van der Waals surface area contributed by atoms with E-state index in [0.29, 0.717) is 30.1 Å². The van der Waals surface area contributed by atoms with Gasteiger partial charge in [0, 0.05) is 50.4 Å². The molecule has 3 N–H and O–H groups in total. The van der Waals surface area contributed by atoms with Crippen LogP contribution in [-0.4, -0.2) is 54.3 Å². The first kappa shape index (κ1) is 25.9. The normalized spacial score (nSPS) is 21.7. The number of nitrogens with one attached hydrogen (secondary N) is 2. The van der Waals surface area contributed by atoms with Gasteiger partial charge in [-0.1, -0.05) is 24.3 Å². The first-order valence-electron chi connectivity index (χ1n) is 14.4. The molecule has 0 radical (unpaired) electrons. The van der Waals surface area contributed by atoms with Crippen LogP contribution in [0, 0.1) is 6.92 Å². The quantitative estimate of drug-likeness (QED) is 0.385. The predicted molar refractivity (Wildman–Crippen MR) is 154 cm³/mol. The van der Waals surface area contributed by atoms with Gasteiger partial charge in [0.15, 0.2) is 11.6 Å². The Bertz CT molecular complexity index is 1290. The van der Waals surface area contributed by atoms with E-state index in [1.165, 1.54) is 17.5 Å². The van der Waals surface area contributed by atoms with Gasteiger partial charge < -0.3 is 30.0 Å². The van der Waals surface area contributed by atoms with Crippen molar-refractivity contribution in [3.8, 4) is 0 Å². The Balaban J connectivity index is 1.18. The largest absolute Gasteiger partial charge is 0.448 e. The van der Waals surface area contributed by atoms with Crippen molar-refractivity contribution in [2.75, 3.05) is 41.3 Å². The summed E-state index contributed by atoms with van der Waals surface area (Å²) in [7, 11) is 0. The van der Waals surface area contributed by atoms with E-state index in [0.717, 1.165) is 81.6 Å². The molecule has 2 saturated carbocycles. The van der Waals surface area contributed by atoms with Gasteiger partial charge in [-0.15, -0.1) is 0 Å². The molecule has 1 aliphatic heterocycles. The van der Waals surface area contributed by atoms with Gasteiger partial charge in [0.1, 0.15) is 6.26 Å². The van der Waals surface area contributed by atoms with Gasteiger partial charge in [0.2, 0.25) is 0 Å². The van der Waals surface area contributed by atoms with Crippen molar-refractivity contribution in [2.24, 2.45) is 0 Å². The maximum Gasteiger partial charge on any atom is 0.277 e. The monoisotopic (exact) mass is 529 g/mol. The minimum atomic E-state index is -0.244. The molecule has 0 bridgehead atoms. The van der Waals surface area contributed by atoms with Crippen LogP contribution in [0.15, 0.2) is 53.1 Å². The SMILES string of the molecule is Cc1ccccc1N1CCN(c2ccc(CN[C@@H]3CCC[C@@H](O)C3)cc2NC(=O)c2coc(C3CC3)n2)CC1. The van der Waals surface area contributed by atoms with Crippen molar-refractivity contribution in [3.05, 3.63) is 71.4 Å². The zero-order chi connectivity index (χ0) is 26.8. The maximum absolute atomic E-state index is 13.2. The Morgan fingerprint density at radius 2 is 1.79 bits per heavy atom. The van der Waals surface area contributed by atoms with Gasteiger partial charge in [0.05, 0.1) is 17.5 Å². The van der Waals surface area contributed by atoms with Crippen molar-refractivity contribution in [2.45, 2.75) is 70.1 Å². The minimum Gasteiger partial charge on any atom is -0.448 e. The van der Waals surface area contributed by atoms with Crippen LogP contribution >= 0.6 is 0 Å². The fraction of sp³-hybridized carbons (Fsp3) is 0.484. The molecular weight excluding hydrogens is 490 g/mol. The fourth-order valence-electron chi connectivity index (χ4n) is 5.88. The molecule has 8 heteroatoms. The summed E-state index contributed by atoms with van der Waals surface area (Å²) in [6.07, 6.45) is 7.24. The second-order valence-corrected chi connectivity index (χ2v) is 11.3. The van der Waals surface area contributed by atoms with Gasteiger partial charge >= 0.3 is 0 Å². The number of amides is 1. The molecule has 2 aromatic carbocycles. The molecule has 1 aromatic heterocycles. The average molecular weight is 530 g/mol. The van der Waals surface area contributed by atoms with Gasteiger partial charge in [-0.05, 0) is 74.8 Å². The van der Waals surface area contributed by atoms with E-state index in [2.05, 4.69) is 74.8 Å². The molecule has 6 rings (SSSR count). The Hall–Kier alpha value is -3.36. The fourth-order valence-corrected chi connectivity index (χ4v) is 5.88. The molecule has 2 aliphatic carbocycles. The summed E-state index contributed by atoms with van der Waals surface area (Å²) in [4.78, 5) is 22.5. The number of hydrogen-bond acceptors (Lipinski definition) is 7. The Kier molecular flexibility index (Phi) is 7.57. The van der Waals surface area contributed by atoms with Crippen LogP contribution in [0.2, 0.25) is 0 Å². The Morgan fingerprint density at radius 1 is 1.03 bits per heavy atom. The van der Waals surface area contributed by atoms with Crippen LogP contribution in [0.5, 0.6) is 0 Å². The van der Waals surface area contributed by atoms with Gasteiger partial charge in [-0.2, -0.15) is 0 Å². The number of aliphatic hydroxyl groups excluding tert-OH is 1. The van der Waals surface area contributed by atoms with Crippen molar-refractivity contribution in [3.63, 3.8) is 0 Å². The lowest BCUT2D eigenvalue weighted by atomic mass is 9.93. The minimum absolute atomic E-state index is 0.213. The highest BCUT2D eigenvalue weighted by molar-refractivity contribution is 6.04. The number of hydrogen-bond donors (Lipinski definition) is 3. The van der Waals surface area contributed by atoms with Crippen LogP contribution in [0.3, 0.4) is 0 Å². The number of rotatable bonds is 8. The molecule has 8 nitrogen and oxygen atoms in total. The zero-order valence-electron chi connectivity index (χ0n) is 22.7. The van der Waals surface area contributed by atoms with E-state index in [9.17, 15) is 9.90 Å². The van der Waals surface area contributed by atoms with E-state index in [4.69, 9.17) is 4.42 Å². The lowest BCUT2D eigenvalue weighted by Crippen LogP contribution is -2.47. The second-order valence-electron chi connectivity index (χ2n) is 11.3. The van der Waals surface area contributed by atoms with Crippen LogP contribution in [-0.2, 0) is 6.54 Å². The number of para-hydroxylation sites is 1. The Labute approximate surface area is 230 Å². The summed E-state index contributed by atoms with van der Waals surface area (Å²) < 4.78 is 5.58. The molecule has 3 fully saturated rings. The standard InChI is InChI=1S/C31H39N5O3/c1-21-5-2-3-8-28(21)35-13-15-36(16-14-35)29-12-9-22(19-32-24-6-4-7-25(37)18-24)17-26(29)33-30(38)27-20-39-31(34-27)23-10-11-23/h2-3,5,8-9,12,17,20,23-25,32,37H,4,6-7,10-11,13-16,18-19H2,1H3,(H,33,38)/t24-,25-/m1/s1. The third-order valence-electron chi connectivity index (χ3n) is 8.31. The first-order valence-corrected chi connectivity index (χ1v) is 14.4. The number of carbonyl (C=O) groups excluding carboxylic acids is 1. The number of aliphatic hydroxyl groups is 1. The lowest BCUT2D eigenvalue weighted by Gasteiger charge is -2.38. The third kappa shape index (κ3) is 6.12. The van der Waals surface area contributed by atoms with Gasteiger partial charge in [-0.25, -0.2) is 4.98 Å². The second kappa shape index (κ2) is 11.4. The van der Waals surface area contributed by atoms with E-state index in [1.54, 1.807) is 0 Å². The lowest BCUT2D eigenvalue weighted by molar-refractivity contribution is 0.102. The van der Waals surface area contributed by atoms with Crippen molar-refractivity contribution in [1.29, 1.82) is 0 Å². The van der Waals surface area contributed by atoms with Gasteiger partial charge in [-0.3, -0.25) is 4.79 Å². The topological polar surface area (TPSA) is 93.9 Å². The Morgan fingerprint density at radius 3 is 2.54 bits per heavy atom. The molecule has 3 aliphatic rings. The average Bonchev–Trinajstić information content (AvgIpc) is 3.68. The van der Waals surface area contributed by atoms with E-state index < -0.39 is 0 Å². The molecular formula is C31H39N5O3. The van der Waals surface area contributed by atoms with E-state index in [1.807, 2.05) is 0 Å². The molecule has 2 atom stereocenters. The summed E-state index contributed by atoms with van der Waals surface area (Å²) in [6, 6.07) is 15.2. The molecule has 0 spiro atoms. The molecule has 206 valence electrons. The van der Waals surface area contributed by atoms with Crippen LogP contribution in [0.4, 0.5) is 17.1 Å². The van der Waals surface area contributed by atoms with Crippen LogP contribution in [0.25, 0.3) is 0 Å². The number of nitrogens with zero attached hydrogens (tertiary/aromatic N) is 3. The van der Waals surface area contributed by atoms with Crippen LogP contribution < -0.4 is 20.4 Å². The number of benzene rings is 2. The summed E-state index contributed by atoms with van der Waals surface area (Å²) in [5.41, 5.74) is 5.83. The number of oxazole rings is 1. The third-order valence-corrected chi connectivity index (χ3v) is 8.31. The summed E-state index contributed by atoms with van der Waals surface area (Å²) >= 11 is 0. The number of aromatic nitrogens is 1. The first-order chi connectivity index (χ1) is 19.0. The highest BCUT2D eigenvalue weighted by Crippen LogP contribution is 2.39. The molecule has 0 unspecified atom stereocenters. The van der Waals surface area contributed by atoms with E-state index >= 15 is 0 Å². The summed E-state index contributed by atoms with van der Waals surface area (Å²) in [5.74, 6) is 0.783. The van der Waals surface area contributed by atoms with Crippen molar-refractivity contribution >= 4 is 23.0 Å². The summed E-state index contributed by atoms with van der Waals surface area (Å²) in [6.45, 7) is 6.42. The smallest absolute Gasteiger partial charge is 0.277 e. The number of aryl methyl sites for hydroxylation is 1.